The van der Waals surface area contributed by atoms with Crippen LogP contribution in [-0.2, 0) is 6.42 Å². The minimum Gasteiger partial charge on any atom is -0.493 e. The summed E-state index contributed by atoms with van der Waals surface area (Å²) in [6, 6.07) is 3.09. The summed E-state index contributed by atoms with van der Waals surface area (Å²) in [5.41, 5.74) is 0.351. The molecule has 5 heteroatoms. The Bertz CT molecular complexity index is 426. The molecule has 0 radical (unpaired) electrons. The van der Waals surface area contributed by atoms with Crippen LogP contribution in [-0.4, -0.2) is 21.3 Å². The topological polar surface area (TPSA) is 51.5 Å². The van der Waals surface area contributed by atoms with Crippen LogP contribution in [0.3, 0.4) is 0 Å². The van der Waals surface area contributed by atoms with E-state index in [1.807, 2.05) is 6.07 Å². The van der Waals surface area contributed by atoms with Gasteiger partial charge in [-0.2, -0.15) is 5.26 Å². The molecule has 0 unspecified atom stereocenters. The lowest BCUT2D eigenvalue weighted by Crippen LogP contribution is -2.01. The van der Waals surface area contributed by atoms with Crippen LogP contribution in [0.25, 0.3) is 0 Å². The molecule has 0 spiro atoms. The van der Waals surface area contributed by atoms with Gasteiger partial charge in [0.05, 0.1) is 39.4 Å². The molecule has 0 aliphatic rings. The molecule has 0 fully saturated rings. The highest BCUT2D eigenvalue weighted by Gasteiger charge is 2.20. The van der Waals surface area contributed by atoms with Gasteiger partial charge in [0.2, 0.25) is 0 Å². The summed E-state index contributed by atoms with van der Waals surface area (Å²) >= 11 is 0. The highest BCUT2D eigenvalue weighted by atomic mass is 19.1. The van der Waals surface area contributed by atoms with Crippen molar-refractivity contribution in [3.63, 3.8) is 0 Å². The highest BCUT2D eigenvalue weighted by molar-refractivity contribution is 5.55. The SMILES string of the molecule is COc1cc(F)c(OC)c(CC#N)c1OC. The van der Waals surface area contributed by atoms with E-state index in [0.29, 0.717) is 11.3 Å². The Morgan fingerprint density at radius 1 is 1.19 bits per heavy atom. The molecule has 0 aromatic heterocycles. The van der Waals surface area contributed by atoms with Crippen molar-refractivity contribution >= 4 is 0 Å². The van der Waals surface area contributed by atoms with Crippen molar-refractivity contribution in [3.8, 4) is 23.3 Å². The third-order valence-electron chi connectivity index (χ3n) is 2.13. The lowest BCUT2D eigenvalue weighted by atomic mass is 10.1. The van der Waals surface area contributed by atoms with E-state index in [1.165, 1.54) is 27.4 Å². The number of hydrogen-bond acceptors (Lipinski definition) is 4. The lowest BCUT2D eigenvalue weighted by Gasteiger charge is -2.15. The summed E-state index contributed by atoms with van der Waals surface area (Å²) in [4.78, 5) is 0. The second-order valence-electron chi connectivity index (χ2n) is 2.94. The molecule has 0 saturated heterocycles. The van der Waals surface area contributed by atoms with Gasteiger partial charge in [-0.25, -0.2) is 4.39 Å². The molecule has 1 aromatic rings. The Balaban J connectivity index is 3.47. The van der Waals surface area contributed by atoms with Crippen LogP contribution in [0.15, 0.2) is 6.07 Å². The summed E-state index contributed by atoms with van der Waals surface area (Å²) in [5.74, 6) is -0.00190. The summed E-state index contributed by atoms with van der Waals surface area (Å²) in [5, 5.41) is 8.69. The first kappa shape index (κ1) is 12.1. The predicted octanol–water partition coefficient (Wildman–Crippen LogP) is 1.92. The monoisotopic (exact) mass is 225 g/mol. The summed E-state index contributed by atoms with van der Waals surface area (Å²) in [7, 11) is 4.17. The van der Waals surface area contributed by atoms with Gasteiger partial charge in [-0.1, -0.05) is 0 Å². The Morgan fingerprint density at radius 2 is 1.81 bits per heavy atom. The minimum atomic E-state index is -0.578. The third kappa shape index (κ3) is 2.01. The van der Waals surface area contributed by atoms with Gasteiger partial charge >= 0.3 is 0 Å². The molecule has 4 nitrogen and oxygen atoms in total. The number of rotatable bonds is 4. The average Bonchev–Trinajstić information content (AvgIpc) is 2.29. The van der Waals surface area contributed by atoms with E-state index >= 15 is 0 Å². The fourth-order valence-electron chi connectivity index (χ4n) is 1.48. The summed E-state index contributed by atoms with van der Waals surface area (Å²) in [6.45, 7) is 0. The first-order valence-electron chi connectivity index (χ1n) is 4.53. The fraction of sp³-hybridized carbons (Fsp3) is 0.364. The van der Waals surface area contributed by atoms with Crippen molar-refractivity contribution in [1.29, 1.82) is 5.26 Å². The average molecular weight is 225 g/mol. The third-order valence-corrected chi connectivity index (χ3v) is 2.13. The Morgan fingerprint density at radius 3 is 2.25 bits per heavy atom. The largest absolute Gasteiger partial charge is 0.493 e. The molecule has 0 saturated carbocycles. The first-order chi connectivity index (χ1) is 7.69. The fourth-order valence-corrected chi connectivity index (χ4v) is 1.48. The second kappa shape index (κ2) is 5.21. The van der Waals surface area contributed by atoms with Gasteiger partial charge in [0.25, 0.3) is 0 Å². The Labute approximate surface area is 93.2 Å². The number of nitriles is 1. The molecule has 86 valence electrons. The molecular formula is C11H12FNO3. The van der Waals surface area contributed by atoms with Gasteiger partial charge in [0, 0.05) is 6.07 Å². The van der Waals surface area contributed by atoms with E-state index < -0.39 is 5.82 Å². The normalized spacial score (nSPS) is 9.44. The molecule has 0 aliphatic carbocycles. The lowest BCUT2D eigenvalue weighted by molar-refractivity contribution is 0.334. The predicted molar refractivity (Wildman–Crippen MR) is 55.4 cm³/mol. The second-order valence-corrected chi connectivity index (χ2v) is 2.94. The van der Waals surface area contributed by atoms with Crippen LogP contribution in [0.5, 0.6) is 17.2 Å². The molecule has 0 bridgehead atoms. The standard InChI is InChI=1S/C11H12FNO3/c1-14-9-6-8(12)10(15-2)7(4-5-13)11(9)16-3/h6H,4H2,1-3H3. The zero-order valence-electron chi connectivity index (χ0n) is 9.33. The molecular weight excluding hydrogens is 213 g/mol. The number of halogens is 1. The number of nitrogens with zero attached hydrogens (tertiary/aromatic N) is 1. The molecule has 16 heavy (non-hydrogen) atoms. The quantitative estimate of drug-likeness (QED) is 0.785. The minimum absolute atomic E-state index is 0.0131. The van der Waals surface area contributed by atoms with Crippen molar-refractivity contribution < 1.29 is 18.6 Å². The van der Waals surface area contributed by atoms with E-state index in [-0.39, 0.29) is 17.9 Å². The van der Waals surface area contributed by atoms with E-state index in [2.05, 4.69) is 0 Å². The van der Waals surface area contributed by atoms with Gasteiger partial charge in [-0.15, -0.1) is 0 Å². The molecule has 1 aromatic carbocycles. The summed E-state index contributed by atoms with van der Waals surface area (Å²) in [6.07, 6.45) is -0.0134. The zero-order valence-corrected chi connectivity index (χ0v) is 9.33. The molecule has 0 atom stereocenters. The van der Waals surface area contributed by atoms with Crippen LogP contribution in [0.2, 0.25) is 0 Å². The van der Waals surface area contributed by atoms with Crippen LogP contribution >= 0.6 is 0 Å². The van der Waals surface area contributed by atoms with Gasteiger partial charge < -0.3 is 14.2 Å². The smallest absolute Gasteiger partial charge is 0.169 e. The van der Waals surface area contributed by atoms with Gasteiger partial charge in [-0.3, -0.25) is 0 Å². The Hall–Kier alpha value is -1.96. The molecule has 0 aliphatic heterocycles. The molecule has 0 amide bonds. The van der Waals surface area contributed by atoms with Crippen molar-refractivity contribution in [3.05, 3.63) is 17.4 Å². The number of hydrogen-bond donors (Lipinski definition) is 0. The number of methoxy groups -OCH3 is 3. The summed E-state index contributed by atoms with van der Waals surface area (Å²) < 4.78 is 28.5. The van der Waals surface area contributed by atoms with E-state index in [4.69, 9.17) is 19.5 Å². The van der Waals surface area contributed by atoms with Crippen LogP contribution in [0.4, 0.5) is 4.39 Å². The number of ether oxygens (including phenoxy) is 3. The zero-order chi connectivity index (χ0) is 12.1. The van der Waals surface area contributed by atoms with Crippen molar-refractivity contribution in [2.24, 2.45) is 0 Å². The molecule has 1 rings (SSSR count). The molecule has 0 heterocycles. The maximum absolute atomic E-state index is 13.6. The van der Waals surface area contributed by atoms with Crippen molar-refractivity contribution in [2.75, 3.05) is 21.3 Å². The van der Waals surface area contributed by atoms with Crippen LogP contribution in [0, 0.1) is 17.1 Å². The maximum Gasteiger partial charge on any atom is 0.169 e. The van der Waals surface area contributed by atoms with Gasteiger partial charge in [0.15, 0.2) is 23.1 Å². The Kier molecular flexibility index (Phi) is 3.95. The molecule has 0 N–H and O–H groups in total. The van der Waals surface area contributed by atoms with Gasteiger partial charge in [0.1, 0.15) is 0 Å². The highest BCUT2D eigenvalue weighted by Crippen LogP contribution is 2.39. The van der Waals surface area contributed by atoms with Crippen molar-refractivity contribution in [1.82, 2.24) is 0 Å². The van der Waals surface area contributed by atoms with Crippen LogP contribution < -0.4 is 14.2 Å². The van der Waals surface area contributed by atoms with Crippen molar-refractivity contribution in [2.45, 2.75) is 6.42 Å². The van der Waals surface area contributed by atoms with E-state index in [1.54, 1.807) is 0 Å². The van der Waals surface area contributed by atoms with Crippen LogP contribution in [0.1, 0.15) is 5.56 Å². The number of benzene rings is 1. The van der Waals surface area contributed by atoms with E-state index in [0.717, 1.165) is 0 Å². The maximum atomic E-state index is 13.6. The van der Waals surface area contributed by atoms with E-state index in [9.17, 15) is 4.39 Å². The first-order valence-corrected chi connectivity index (χ1v) is 4.53. The van der Waals surface area contributed by atoms with Gasteiger partial charge in [-0.05, 0) is 0 Å².